The van der Waals surface area contributed by atoms with Crippen molar-refractivity contribution in [2.45, 2.75) is 6.92 Å². The lowest BCUT2D eigenvalue weighted by Gasteiger charge is -2.02. The molecule has 2 heterocycles. The van der Waals surface area contributed by atoms with Crippen LogP contribution >= 0.6 is 0 Å². The number of nitrogens with two attached hydrogens (primary N) is 1. The normalized spacial score (nSPS) is 10.2. The minimum atomic E-state index is -0.261. The van der Waals surface area contributed by atoms with Crippen LogP contribution in [0.25, 0.3) is 11.5 Å². The van der Waals surface area contributed by atoms with Gasteiger partial charge in [-0.25, -0.2) is 9.97 Å². The van der Waals surface area contributed by atoms with Crippen molar-refractivity contribution in [3.8, 4) is 11.5 Å². The zero-order valence-corrected chi connectivity index (χ0v) is 8.06. The first-order valence-corrected chi connectivity index (χ1v) is 4.31. The third-order valence-corrected chi connectivity index (χ3v) is 1.99. The minimum absolute atomic E-state index is 0.208. The van der Waals surface area contributed by atoms with Gasteiger partial charge in [0, 0.05) is 12.4 Å². The molecule has 2 aromatic rings. The molecule has 3 N–H and O–H groups in total. The zero-order chi connectivity index (χ0) is 10.8. The zero-order valence-electron chi connectivity index (χ0n) is 8.06. The van der Waals surface area contributed by atoms with Crippen molar-refractivity contribution < 1.29 is 0 Å². The van der Waals surface area contributed by atoms with Gasteiger partial charge in [-0.3, -0.25) is 9.78 Å². The molecule has 2 rings (SSSR count). The number of nitrogen functional groups attached to an aromatic ring is 1. The molecule has 0 bridgehead atoms. The van der Waals surface area contributed by atoms with Gasteiger partial charge in [0.25, 0.3) is 5.56 Å². The number of nitrogens with zero attached hydrogens (tertiary/aromatic N) is 3. The van der Waals surface area contributed by atoms with Gasteiger partial charge in [0.15, 0.2) is 5.82 Å². The topological polar surface area (TPSA) is 97.5 Å². The lowest BCUT2D eigenvalue weighted by Crippen LogP contribution is -2.15. The van der Waals surface area contributed by atoms with E-state index in [0.717, 1.165) is 0 Å². The Kier molecular flexibility index (Phi) is 2.17. The van der Waals surface area contributed by atoms with Gasteiger partial charge in [-0.15, -0.1) is 0 Å². The quantitative estimate of drug-likeness (QED) is 0.685. The van der Waals surface area contributed by atoms with Crippen molar-refractivity contribution in [1.82, 2.24) is 19.9 Å². The van der Waals surface area contributed by atoms with Crippen molar-refractivity contribution >= 4 is 5.82 Å². The molecule has 0 aliphatic rings. The molecule has 2 aromatic heterocycles. The van der Waals surface area contributed by atoms with Crippen molar-refractivity contribution in [1.29, 1.82) is 0 Å². The van der Waals surface area contributed by atoms with Crippen LogP contribution in [-0.2, 0) is 0 Å². The van der Waals surface area contributed by atoms with Crippen LogP contribution in [0, 0.1) is 6.92 Å². The number of aromatic amines is 1. The third-order valence-electron chi connectivity index (χ3n) is 1.99. The Balaban J connectivity index is 2.61. The first-order valence-electron chi connectivity index (χ1n) is 4.31. The SMILES string of the molecule is Cc1c(N)nc(-c2cnccn2)[nH]c1=O. The van der Waals surface area contributed by atoms with E-state index in [1.807, 2.05) is 0 Å². The summed E-state index contributed by atoms with van der Waals surface area (Å²) >= 11 is 0. The molecular formula is C9H9N5O. The van der Waals surface area contributed by atoms with Crippen LogP contribution in [0.1, 0.15) is 5.56 Å². The van der Waals surface area contributed by atoms with Crippen LogP contribution in [0.4, 0.5) is 5.82 Å². The summed E-state index contributed by atoms with van der Waals surface area (Å²) in [5, 5.41) is 0. The number of rotatable bonds is 1. The molecule has 0 fully saturated rings. The fraction of sp³-hybridized carbons (Fsp3) is 0.111. The standard InChI is InChI=1S/C9H9N5O/c1-5-7(10)13-8(14-9(5)15)6-4-11-2-3-12-6/h2-4H,1H3,(H3,10,13,14,15). The summed E-state index contributed by atoms with van der Waals surface area (Å²) in [6.07, 6.45) is 4.57. The fourth-order valence-electron chi connectivity index (χ4n) is 1.09. The van der Waals surface area contributed by atoms with E-state index in [4.69, 9.17) is 5.73 Å². The molecule has 0 radical (unpaired) electrons. The summed E-state index contributed by atoms with van der Waals surface area (Å²) in [7, 11) is 0. The Morgan fingerprint density at radius 1 is 1.40 bits per heavy atom. The van der Waals surface area contributed by atoms with Gasteiger partial charge in [0.1, 0.15) is 11.5 Å². The van der Waals surface area contributed by atoms with E-state index in [1.165, 1.54) is 12.4 Å². The van der Waals surface area contributed by atoms with Crippen LogP contribution in [0.15, 0.2) is 23.4 Å². The first kappa shape index (κ1) is 9.32. The molecule has 0 aliphatic carbocycles. The Morgan fingerprint density at radius 3 is 2.80 bits per heavy atom. The highest BCUT2D eigenvalue weighted by Gasteiger charge is 2.06. The maximum atomic E-state index is 11.4. The van der Waals surface area contributed by atoms with Crippen molar-refractivity contribution in [2.75, 3.05) is 5.73 Å². The Hall–Kier alpha value is -2.24. The van der Waals surface area contributed by atoms with Crippen LogP contribution in [-0.4, -0.2) is 19.9 Å². The summed E-state index contributed by atoms with van der Waals surface area (Å²) < 4.78 is 0. The molecule has 0 saturated carbocycles. The van der Waals surface area contributed by atoms with Crippen molar-refractivity contribution in [3.05, 3.63) is 34.5 Å². The third kappa shape index (κ3) is 1.69. The Morgan fingerprint density at radius 2 is 2.20 bits per heavy atom. The van der Waals surface area contributed by atoms with Crippen molar-refractivity contribution in [2.24, 2.45) is 0 Å². The van der Waals surface area contributed by atoms with Crippen LogP contribution in [0.3, 0.4) is 0 Å². The predicted octanol–water partition coefficient (Wildman–Crippen LogP) is 0.118. The number of hydrogen-bond acceptors (Lipinski definition) is 5. The second-order valence-electron chi connectivity index (χ2n) is 3.02. The first-order chi connectivity index (χ1) is 7.18. The molecule has 0 spiro atoms. The summed E-state index contributed by atoms with van der Waals surface area (Å²) in [4.78, 5) is 25.9. The van der Waals surface area contributed by atoms with Gasteiger partial charge in [-0.1, -0.05) is 0 Å². The van der Waals surface area contributed by atoms with Gasteiger partial charge in [0.05, 0.1) is 11.8 Å². The molecule has 6 nitrogen and oxygen atoms in total. The molecule has 0 aromatic carbocycles. The van der Waals surface area contributed by atoms with Crippen LogP contribution < -0.4 is 11.3 Å². The van der Waals surface area contributed by atoms with Gasteiger partial charge < -0.3 is 10.7 Å². The summed E-state index contributed by atoms with van der Waals surface area (Å²) in [5.74, 6) is 0.538. The molecule has 0 saturated heterocycles. The van der Waals surface area contributed by atoms with Gasteiger partial charge >= 0.3 is 0 Å². The lowest BCUT2D eigenvalue weighted by atomic mass is 10.3. The Bertz CT molecular complexity index is 534. The van der Waals surface area contributed by atoms with Crippen molar-refractivity contribution in [3.63, 3.8) is 0 Å². The fourth-order valence-corrected chi connectivity index (χ4v) is 1.09. The summed E-state index contributed by atoms with van der Waals surface area (Å²) in [5.41, 5.74) is 6.21. The van der Waals surface area contributed by atoms with Crippen LogP contribution in [0.2, 0.25) is 0 Å². The molecule has 0 atom stereocenters. The van der Waals surface area contributed by atoms with Gasteiger partial charge in [-0.2, -0.15) is 0 Å². The highest BCUT2D eigenvalue weighted by Crippen LogP contribution is 2.10. The maximum Gasteiger partial charge on any atom is 0.256 e. The molecule has 15 heavy (non-hydrogen) atoms. The molecular weight excluding hydrogens is 194 g/mol. The minimum Gasteiger partial charge on any atom is -0.383 e. The monoisotopic (exact) mass is 203 g/mol. The smallest absolute Gasteiger partial charge is 0.256 e. The van der Waals surface area contributed by atoms with E-state index in [2.05, 4.69) is 19.9 Å². The lowest BCUT2D eigenvalue weighted by molar-refractivity contribution is 1.06. The highest BCUT2D eigenvalue weighted by molar-refractivity contribution is 5.51. The number of aromatic nitrogens is 4. The molecule has 0 amide bonds. The number of anilines is 1. The highest BCUT2D eigenvalue weighted by atomic mass is 16.1. The number of hydrogen-bond donors (Lipinski definition) is 2. The van der Waals surface area contributed by atoms with Crippen LogP contribution in [0.5, 0.6) is 0 Å². The number of nitrogens with one attached hydrogen (secondary N) is 1. The molecule has 0 unspecified atom stereocenters. The second kappa shape index (κ2) is 3.49. The molecule has 6 heteroatoms. The predicted molar refractivity (Wildman–Crippen MR) is 55.0 cm³/mol. The molecule has 76 valence electrons. The van der Waals surface area contributed by atoms with Gasteiger partial charge in [0.2, 0.25) is 0 Å². The Labute approximate surface area is 85.2 Å². The van der Waals surface area contributed by atoms with Gasteiger partial charge in [-0.05, 0) is 6.92 Å². The summed E-state index contributed by atoms with van der Waals surface area (Å²) in [6.45, 7) is 1.61. The largest absolute Gasteiger partial charge is 0.383 e. The summed E-state index contributed by atoms with van der Waals surface area (Å²) in [6, 6.07) is 0. The second-order valence-corrected chi connectivity index (χ2v) is 3.02. The number of H-pyrrole nitrogens is 1. The van der Waals surface area contributed by atoms with E-state index in [9.17, 15) is 4.79 Å². The van der Waals surface area contributed by atoms with E-state index in [0.29, 0.717) is 17.1 Å². The maximum absolute atomic E-state index is 11.4. The van der Waals surface area contributed by atoms with E-state index in [-0.39, 0.29) is 11.4 Å². The average Bonchev–Trinajstić information content (AvgIpc) is 2.26. The van der Waals surface area contributed by atoms with E-state index >= 15 is 0 Å². The average molecular weight is 203 g/mol. The molecule has 0 aliphatic heterocycles. The van der Waals surface area contributed by atoms with E-state index < -0.39 is 0 Å². The van der Waals surface area contributed by atoms with E-state index in [1.54, 1.807) is 13.1 Å².